The molecular formula is C23H21ClN6O2. The molecule has 0 fully saturated rings. The molecule has 2 aromatic carbocycles. The van der Waals surface area contributed by atoms with E-state index in [0.29, 0.717) is 22.2 Å². The third kappa shape index (κ3) is 3.62. The van der Waals surface area contributed by atoms with E-state index in [2.05, 4.69) is 20.6 Å². The van der Waals surface area contributed by atoms with Gasteiger partial charge >= 0.3 is 0 Å². The molecule has 0 bridgehead atoms. The van der Waals surface area contributed by atoms with Gasteiger partial charge in [-0.1, -0.05) is 28.9 Å². The summed E-state index contributed by atoms with van der Waals surface area (Å²) in [6.07, 6.45) is 5.28. The van der Waals surface area contributed by atoms with Crippen LogP contribution in [0.3, 0.4) is 0 Å². The fourth-order valence-electron chi connectivity index (χ4n) is 4.05. The van der Waals surface area contributed by atoms with Gasteiger partial charge in [0.05, 0.1) is 36.6 Å². The highest BCUT2D eigenvalue weighted by molar-refractivity contribution is 6.30. The van der Waals surface area contributed by atoms with Crippen molar-refractivity contribution in [2.45, 2.75) is 25.8 Å². The Morgan fingerprint density at radius 2 is 2.03 bits per heavy atom. The van der Waals surface area contributed by atoms with Gasteiger partial charge < -0.3 is 14.6 Å². The van der Waals surface area contributed by atoms with Crippen molar-refractivity contribution in [1.82, 2.24) is 24.5 Å². The molecular weight excluding hydrogens is 428 g/mol. The molecule has 162 valence electrons. The van der Waals surface area contributed by atoms with Crippen LogP contribution < -0.4 is 10.1 Å². The molecule has 8 nitrogen and oxygen atoms in total. The number of nitrogens with one attached hydrogen (secondary N) is 1. The molecule has 1 N–H and O–H groups in total. The Bertz CT molecular complexity index is 1290. The van der Waals surface area contributed by atoms with Gasteiger partial charge in [-0.2, -0.15) is 0 Å². The van der Waals surface area contributed by atoms with Gasteiger partial charge in [-0.05, 0) is 55.7 Å². The van der Waals surface area contributed by atoms with Gasteiger partial charge in [-0.3, -0.25) is 4.79 Å². The number of nitrogens with zero attached hydrogens (tertiary/aromatic N) is 5. The SMILES string of the molecule is COc1cc(C(=O)Nc2nnn3c2CCC3c2ccc(Cl)cc2)ccc1-n1cnc(C)c1. The number of aromatic nitrogens is 5. The summed E-state index contributed by atoms with van der Waals surface area (Å²) in [6, 6.07) is 13.1. The van der Waals surface area contributed by atoms with Crippen LogP contribution in [-0.2, 0) is 6.42 Å². The number of hydrogen-bond donors (Lipinski definition) is 1. The highest BCUT2D eigenvalue weighted by Gasteiger charge is 2.29. The van der Waals surface area contributed by atoms with Crippen LogP contribution in [0.15, 0.2) is 55.0 Å². The van der Waals surface area contributed by atoms with Crippen LogP contribution in [0.4, 0.5) is 5.82 Å². The number of rotatable bonds is 5. The number of carbonyl (C=O) groups is 1. The number of halogens is 1. The van der Waals surface area contributed by atoms with Crippen molar-refractivity contribution < 1.29 is 9.53 Å². The van der Waals surface area contributed by atoms with Gasteiger partial charge in [0.15, 0.2) is 5.82 Å². The third-order valence-electron chi connectivity index (χ3n) is 5.66. The summed E-state index contributed by atoms with van der Waals surface area (Å²) in [5, 5.41) is 12.1. The van der Waals surface area contributed by atoms with E-state index >= 15 is 0 Å². The van der Waals surface area contributed by atoms with Crippen molar-refractivity contribution in [2.24, 2.45) is 0 Å². The number of imidazole rings is 1. The minimum Gasteiger partial charge on any atom is -0.495 e. The van der Waals surface area contributed by atoms with Gasteiger partial charge in [-0.15, -0.1) is 5.10 Å². The predicted molar refractivity (Wildman–Crippen MR) is 121 cm³/mol. The maximum Gasteiger partial charge on any atom is 0.257 e. The zero-order valence-corrected chi connectivity index (χ0v) is 18.4. The van der Waals surface area contributed by atoms with Crippen LogP contribution in [0.5, 0.6) is 5.75 Å². The predicted octanol–water partition coefficient (Wildman–Crippen LogP) is 4.22. The monoisotopic (exact) mass is 448 g/mol. The minimum atomic E-state index is -0.269. The molecule has 1 unspecified atom stereocenters. The van der Waals surface area contributed by atoms with Gasteiger partial charge in [0.25, 0.3) is 5.91 Å². The first kappa shape index (κ1) is 20.3. The molecule has 0 saturated carbocycles. The average Bonchev–Trinajstić information content (AvgIpc) is 3.52. The number of hydrogen-bond acceptors (Lipinski definition) is 5. The number of methoxy groups -OCH3 is 1. The van der Waals surface area contributed by atoms with Crippen LogP contribution in [0.1, 0.15) is 39.8 Å². The lowest BCUT2D eigenvalue weighted by Gasteiger charge is -2.11. The molecule has 1 atom stereocenters. The summed E-state index contributed by atoms with van der Waals surface area (Å²) in [5.41, 5.74) is 4.20. The fourth-order valence-corrected chi connectivity index (χ4v) is 4.17. The zero-order valence-electron chi connectivity index (χ0n) is 17.6. The van der Waals surface area contributed by atoms with Crippen LogP contribution >= 0.6 is 11.6 Å². The largest absolute Gasteiger partial charge is 0.495 e. The molecule has 0 spiro atoms. The highest BCUT2D eigenvalue weighted by atomic mass is 35.5. The summed E-state index contributed by atoms with van der Waals surface area (Å²) in [6.45, 7) is 1.92. The normalized spacial score (nSPS) is 14.9. The Morgan fingerprint density at radius 1 is 1.22 bits per heavy atom. The molecule has 32 heavy (non-hydrogen) atoms. The Morgan fingerprint density at radius 3 is 2.75 bits per heavy atom. The summed E-state index contributed by atoms with van der Waals surface area (Å²) in [5.74, 6) is 0.792. The Kier molecular flexibility index (Phi) is 5.14. The number of carbonyl (C=O) groups excluding carboxylic acids is 1. The lowest BCUT2D eigenvalue weighted by atomic mass is 10.1. The number of aryl methyl sites for hydroxylation is 1. The summed E-state index contributed by atoms with van der Waals surface area (Å²) >= 11 is 6.01. The van der Waals surface area contributed by atoms with E-state index in [9.17, 15) is 4.79 Å². The Labute approximate surface area is 189 Å². The van der Waals surface area contributed by atoms with E-state index in [0.717, 1.165) is 35.5 Å². The quantitative estimate of drug-likeness (QED) is 0.494. The van der Waals surface area contributed by atoms with Crippen molar-refractivity contribution >= 4 is 23.3 Å². The van der Waals surface area contributed by atoms with E-state index in [-0.39, 0.29) is 11.9 Å². The second-order valence-corrected chi connectivity index (χ2v) is 8.13. The van der Waals surface area contributed by atoms with E-state index < -0.39 is 0 Å². The molecule has 0 saturated heterocycles. The number of ether oxygens (including phenoxy) is 1. The van der Waals surface area contributed by atoms with Gasteiger partial charge in [0, 0.05) is 16.8 Å². The van der Waals surface area contributed by atoms with Crippen molar-refractivity contribution in [3.8, 4) is 11.4 Å². The third-order valence-corrected chi connectivity index (χ3v) is 5.91. The number of amides is 1. The van der Waals surface area contributed by atoms with Crippen molar-refractivity contribution in [3.05, 3.63) is 82.5 Å². The zero-order chi connectivity index (χ0) is 22.2. The first-order chi connectivity index (χ1) is 15.5. The molecule has 0 radical (unpaired) electrons. The van der Waals surface area contributed by atoms with E-state index in [1.54, 1.807) is 25.6 Å². The standard InChI is InChI=1S/C23H21ClN6O2/c1-14-12-29(13-25-14)19-8-5-16(11-21(19)32-2)23(31)26-22-20-10-9-18(30(20)28-27-22)15-3-6-17(24)7-4-15/h3-8,11-13,18H,9-10H2,1-2H3,(H,26,31). The number of fused-ring (bicyclic) bond motifs is 1. The Hall–Kier alpha value is -3.65. The lowest BCUT2D eigenvalue weighted by molar-refractivity contribution is 0.102. The van der Waals surface area contributed by atoms with E-state index in [1.807, 2.05) is 52.7 Å². The van der Waals surface area contributed by atoms with E-state index in [1.165, 1.54) is 0 Å². The summed E-state index contributed by atoms with van der Waals surface area (Å²) in [7, 11) is 1.58. The van der Waals surface area contributed by atoms with Crippen molar-refractivity contribution in [3.63, 3.8) is 0 Å². The summed E-state index contributed by atoms with van der Waals surface area (Å²) < 4.78 is 9.25. The maximum atomic E-state index is 12.9. The number of benzene rings is 2. The molecule has 1 aliphatic heterocycles. The lowest BCUT2D eigenvalue weighted by Crippen LogP contribution is -2.14. The fraction of sp³-hybridized carbons (Fsp3) is 0.217. The second kappa shape index (κ2) is 8.12. The molecule has 4 aromatic rings. The van der Waals surface area contributed by atoms with Gasteiger partial charge in [0.1, 0.15) is 5.75 Å². The summed E-state index contributed by atoms with van der Waals surface area (Å²) in [4.78, 5) is 17.2. The smallest absolute Gasteiger partial charge is 0.257 e. The van der Waals surface area contributed by atoms with Crippen molar-refractivity contribution in [2.75, 3.05) is 12.4 Å². The molecule has 2 aromatic heterocycles. The highest BCUT2D eigenvalue weighted by Crippen LogP contribution is 2.34. The molecule has 9 heteroatoms. The van der Waals surface area contributed by atoms with Crippen LogP contribution in [0.2, 0.25) is 5.02 Å². The molecule has 1 aliphatic rings. The molecule has 0 aliphatic carbocycles. The molecule has 5 rings (SSSR count). The topological polar surface area (TPSA) is 86.9 Å². The van der Waals surface area contributed by atoms with Crippen molar-refractivity contribution in [1.29, 1.82) is 0 Å². The Balaban J connectivity index is 1.37. The molecule has 3 heterocycles. The number of anilines is 1. The minimum absolute atomic E-state index is 0.0819. The van der Waals surface area contributed by atoms with Crippen LogP contribution in [0.25, 0.3) is 5.69 Å². The van der Waals surface area contributed by atoms with Crippen LogP contribution in [0, 0.1) is 6.92 Å². The maximum absolute atomic E-state index is 12.9. The van der Waals surface area contributed by atoms with Crippen LogP contribution in [-0.4, -0.2) is 37.6 Å². The van der Waals surface area contributed by atoms with Gasteiger partial charge in [0.2, 0.25) is 0 Å². The first-order valence-corrected chi connectivity index (χ1v) is 10.6. The second-order valence-electron chi connectivity index (χ2n) is 7.70. The van der Waals surface area contributed by atoms with Gasteiger partial charge in [-0.25, -0.2) is 9.67 Å². The molecule has 1 amide bonds. The van der Waals surface area contributed by atoms with E-state index in [4.69, 9.17) is 16.3 Å². The first-order valence-electron chi connectivity index (χ1n) is 10.2. The average molecular weight is 449 g/mol.